The number of aromatic amines is 2. The van der Waals surface area contributed by atoms with E-state index in [-0.39, 0.29) is 0 Å². The van der Waals surface area contributed by atoms with E-state index in [0.29, 0.717) is 16.2 Å². The molecule has 0 aliphatic carbocycles. The number of pyridine rings is 1. The Bertz CT molecular complexity index is 748. The van der Waals surface area contributed by atoms with Crippen molar-refractivity contribution in [2.75, 3.05) is 0 Å². The smallest absolute Gasteiger partial charge is 0.283 e. The third-order valence-corrected chi connectivity index (χ3v) is 3.10. The van der Waals surface area contributed by atoms with Crippen molar-refractivity contribution in [3.05, 3.63) is 41.2 Å². The molecule has 84 valence electrons. The first-order chi connectivity index (χ1) is 8.18. The minimum atomic E-state index is -0.491. The van der Waals surface area contributed by atoms with Crippen LogP contribution in [0.1, 0.15) is 10.4 Å². The maximum atomic E-state index is 11.3. The number of fused-ring (bicyclic) bond motifs is 3. The largest absolute Gasteiger partial charge is 0.365 e. The standard InChI is InChI=1S/C12H8ClN3O/c13-11-9-6-3-1-2-4-8(6)16-10(9)7(5-15-11)12(14)17/h1-5,16H,(H2,14,17)/p+1. The van der Waals surface area contributed by atoms with E-state index < -0.39 is 5.91 Å². The van der Waals surface area contributed by atoms with E-state index in [4.69, 9.17) is 17.3 Å². The highest BCUT2D eigenvalue weighted by molar-refractivity contribution is 6.36. The van der Waals surface area contributed by atoms with Gasteiger partial charge in [-0.05, 0) is 17.7 Å². The van der Waals surface area contributed by atoms with Crippen molar-refractivity contribution < 1.29 is 9.78 Å². The Morgan fingerprint density at radius 2 is 2.12 bits per heavy atom. The first-order valence-corrected chi connectivity index (χ1v) is 5.46. The van der Waals surface area contributed by atoms with Gasteiger partial charge in [-0.25, -0.2) is 0 Å². The quantitative estimate of drug-likeness (QED) is 0.632. The summed E-state index contributed by atoms with van der Waals surface area (Å²) in [5.41, 5.74) is 7.32. The molecule has 1 amide bonds. The average molecular weight is 247 g/mol. The molecule has 2 aromatic heterocycles. The summed E-state index contributed by atoms with van der Waals surface area (Å²) < 4.78 is 0. The van der Waals surface area contributed by atoms with Crippen molar-refractivity contribution in [1.29, 1.82) is 0 Å². The number of nitrogens with one attached hydrogen (secondary N) is 2. The van der Waals surface area contributed by atoms with Crippen molar-refractivity contribution >= 4 is 39.3 Å². The fourth-order valence-electron chi connectivity index (χ4n) is 2.05. The Morgan fingerprint density at radius 3 is 2.88 bits per heavy atom. The number of rotatable bonds is 1. The predicted octanol–water partition coefficient (Wildman–Crippen LogP) is 1.89. The molecule has 0 bridgehead atoms. The van der Waals surface area contributed by atoms with E-state index in [1.165, 1.54) is 6.20 Å². The number of aromatic nitrogens is 2. The van der Waals surface area contributed by atoms with Crippen LogP contribution in [0, 0.1) is 0 Å². The van der Waals surface area contributed by atoms with Gasteiger partial charge < -0.3 is 10.7 Å². The van der Waals surface area contributed by atoms with Gasteiger partial charge in [-0.1, -0.05) is 18.2 Å². The number of benzene rings is 1. The number of nitrogens with two attached hydrogens (primary N) is 1. The summed E-state index contributed by atoms with van der Waals surface area (Å²) in [6, 6.07) is 7.71. The number of primary amides is 1. The molecule has 0 aliphatic heterocycles. The fraction of sp³-hybridized carbons (Fsp3) is 0. The number of H-pyrrole nitrogens is 2. The van der Waals surface area contributed by atoms with E-state index in [0.717, 1.165) is 16.3 Å². The molecule has 17 heavy (non-hydrogen) atoms. The zero-order valence-electron chi connectivity index (χ0n) is 8.75. The van der Waals surface area contributed by atoms with Crippen LogP contribution in [0.5, 0.6) is 0 Å². The minimum absolute atomic E-state index is 0.403. The molecule has 0 spiro atoms. The van der Waals surface area contributed by atoms with Crippen molar-refractivity contribution in [2.24, 2.45) is 5.73 Å². The number of hydrogen-bond acceptors (Lipinski definition) is 1. The molecule has 2 heterocycles. The van der Waals surface area contributed by atoms with Gasteiger partial charge in [-0.3, -0.25) is 4.79 Å². The first kappa shape index (κ1) is 10.1. The number of carbonyl (C=O) groups is 1. The zero-order valence-corrected chi connectivity index (χ0v) is 9.51. The highest BCUT2D eigenvalue weighted by Gasteiger charge is 2.19. The monoisotopic (exact) mass is 246 g/mol. The van der Waals surface area contributed by atoms with Crippen LogP contribution in [0.4, 0.5) is 0 Å². The van der Waals surface area contributed by atoms with Gasteiger partial charge in [-0.15, -0.1) is 0 Å². The number of hydrogen-bond donors (Lipinski definition) is 2. The second kappa shape index (κ2) is 3.46. The second-order valence-corrected chi connectivity index (χ2v) is 4.18. The second-order valence-electron chi connectivity index (χ2n) is 3.80. The van der Waals surface area contributed by atoms with Crippen LogP contribution in [-0.4, -0.2) is 10.9 Å². The van der Waals surface area contributed by atoms with E-state index >= 15 is 0 Å². The molecule has 0 radical (unpaired) electrons. The van der Waals surface area contributed by atoms with Crippen LogP contribution >= 0.6 is 11.6 Å². The number of para-hydroxylation sites is 1. The molecule has 0 atom stereocenters. The summed E-state index contributed by atoms with van der Waals surface area (Å²) in [7, 11) is 0. The van der Waals surface area contributed by atoms with Gasteiger partial charge in [-0.2, -0.15) is 4.98 Å². The summed E-state index contributed by atoms with van der Waals surface area (Å²) >= 11 is 6.13. The topological polar surface area (TPSA) is 73.0 Å². The average Bonchev–Trinajstić information content (AvgIpc) is 2.68. The summed E-state index contributed by atoms with van der Waals surface area (Å²) in [4.78, 5) is 17.4. The molecule has 4 N–H and O–H groups in total. The van der Waals surface area contributed by atoms with Crippen molar-refractivity contribution in [3.8, 4) is 0 Å². The van der Waals surface area contributed by atoms with Crippen molar-refractivity contribution in [3.63, 3.8) is 0 Å². The molecule has 1 aromatic carbocycles. The molecular formula is C12H9ClN3O+. The van der Waals surface area contributed by atoms with Gasteiger partial charge in [0.25, 0.3) is 11.1 Å². The highest BCUT2D eigenvalue weighted by atomic mass is 35.5. The summed E-state index contributed by atoms with van der Waals surface area (Å²) in [5, 5.41) is 2.24. The molecule has 0 fully saturated rings. The van der Waals surface area contributed by atoms with Gasteiger partial charge in [0.05, 0.1) is 10.9 Å². The molecule has 0 saturated heterocycles. The van der Waals surface area contributed by atoms with Crippen molar-refractivity contribution in [2.45, 2.75) is 0 Å². The Hall–Kier alpha value is -2.07. The maximum Gasteiger partial charge on any atom is 0.283 e. The maximum absolute atomic E-state index is 11.3. The van der Waals surface area contributed by atoms with Crippen LogP contribution in [0.25, 0.3) is 21.8 Å². The lowest BCUT2D eigenvalue weighted by Crippen LogP contribution is -2.16. The van der Waals surface area contributed by atoms with Gasteiger partial charge in [0.15, 0.2) is 6.20 Å². The van der Waals surface area contributed by atoms with E-state index in [9.17, 15) is 4.79 Å². The molecule has 0 aliphatic rings. The zero-order chi connectivity index (χ0) is 12.0. The van der Waals surface area contributed by atoms with Gasteiger partial charge in [0.1, 0.15) is 5.56 Å². The number of halogens is 1. The number of amides is 1. The van der Waals surface area contributed by atoms with E-state index in [2.05, 4.69) is 9.97 Å². The van der Waals surface area contributed by atoms with Gasteiger partial charge in [0, 0.05) is 10.9 Å². The third kappa shape index (κ3) is 1.38. The van der Waals surface area contributed by atoms with Gasteiger partial charge in [0.2, 0.25) is 0 Å². The summed E-state index contributed by atoms with van der Waals surface area (Å²) in [6.07, 6.45) is 1.52. The molecule has 3 aromatic rings. The molecule has 3 rings (SSSR count). The molecule has 0 saturated carbocycles. The van der Waals surface area contributed by atoms with Crippen LogP contribution in [0.2, 0.25) is 5.15 Å². The predicted molar refractivity (Wildman–Crippen MR) is 65.9 cm³/mol. The van der Waals surface area contributed by atoms with E-state index in [1.54, 1.807) is 0 Å². The number of carbonyl (C=O) groups excluding carboxylic acids is 1. The normalized spacial score (nSPS) is 11.1. The third-order valence-electron chi connectivity index (χ3n) is 2.80. The molecule has 4 nitrogen and oxygen atoms in total. The molecule has 0 unspecified atom stereocenters. The van der Waals surface area contributed by atoms with Crippen LogP contribution in [0.3, 0.4) is 0 Å². The Morgan fingerprint density at radius 1 is 1.35 bits per heavy atom. The van der Waals surface area contributed by atoms with Crippen LogP contribution in [0.15, 0.2) is 30.5 Å². The van der Waals surface area contributed by atoms with Crippen LogP contribution in [-0.2, 0) is 0 Å². The highest BCUT2D eigenvalue weighted by Crippen LogP contribution is 2.30. The van der Waals surface area contributed by atoms with Crippen molar-refractivity contribution in [1.82, 2.24) is 4.98 Å². The SMILES string of the molecule is NC(=O)c1c[nH+]c(Cl)c2c1[nH]c1ccccc12. The summed E-state index contributed by atoms with van der Waals surface area (Å²) in [6.45, 7) is 0. The Balaban J connectivity index is 2.58. The Labute approximate surface area is 101 Å². The van der Waals surface area contributed by atoms with E-state index in [1.807, 2.05) is 24.3 Å². The minimum Gasteiger partial charge on any atom is -0.365 e. The van der Waals surface area contributed by atoms with Crippen LogP contribution < -0.4 is 10.7 Å². The van der Waals surface area contributed by atoms with Gasteiger partial charge >= 0.3 is 0 Å². The fourth-order valence-corrected chi connectivity index (χ4v) is 2.30. The lowest BCUT2D eigenvalue weighted by Gasteiger charge is -1.94. The molecule has 5 heteroatoms. The first-order valence-electron chi connectivity index (χ1n) is 5.09. The lowest BCUT2D eigenvalue weighted by molar-refractivity contribution is -0.373. The Kier molecular flexibility index (Phi) is 2.06. The lowest BCUT2D eigenvalue weighted by atomic mass is 10.1. The summed E-state index contributed by atoms with van der Waals surface area (Å²) in [5.74, 6) is -0.491. The molecular weight excluding hydrogens is 238 g/mol.